The summed E-state index contributed by atoms with van der Waals surface area (Å²) in [5.74, 6) is 1.000. The Balaban J connectivity index is 2.87. The summed E-state index contributed by atoms with van der Waals surface area (Å²) in [6.07, 6.45) is 1.85. The van der Waals surface area contributed by atoms with Crippen molar-refractivity contribution in [3.63, 3.8) is 0 Å². The van der Waals surface area contributed by atoms with E-state index in [2.05, 4.69) is 32.6 Å². The molecule has 0 fully saturated rings. The molecule has 0 aromatic carbocycles. The SMILES string of the molecule is Cc1nc2cc(I)cnc2n1C. The molecule has 12 heavy (non-hydrogen) atoms. The molecule has 0 radical (unpaired) electrons. The maximum absolute atomic E-state index is 4.37. The monoisotopic (exact) mass is 273 g/mol. The number of halogens is 1. The van der Waals surface area contributed by atoms with Crippen LogP contribution in [-0.4, -0.2) is 14.5 Å². The lowest BCUT2D eigenvalue weighted by atomic mass is 10.4. The number of nitrogens with zero attached hydrogens (tertiary/aromatic N) is 3. The van der Waals surface area contributed by atoms with E-state index in [1.54, 1.807) is 0 Å². The van der Waals surface area contributed by atoms with Gasteiger partial charge in [-0.25, -0.2) is 9.97 Å². The van der Waals surface area contributed by atoms with Gasteiger partial charge in [-0.1, -0.05) is 0 Å². The van der Waals surface area contributed by atoms with Gasteiger partial charge in [-0.15, -0.1) is 0 Å². The minimum Gasteiger partial charge on any atom is -0.316 e. The van der Waals surface area contributed by atoms with Crippen LogP contribution in [0.2, 0.25) is 0 Å². The molecule has 2 aromatic heterocycles. The summed E-state index contributed by atoms with van der Waals surface area (Å²) < 4.78 is 3.11. The molecular weight excluding hydrogens is 265 g/mol. The normalized spacial score (nSPS) is 10.9. The summed E-state index contributed by atoms with van der Waals surface area (Å²) in [6.45, 7) is 1.98. The first-order valence-corrected chi connectivity index (χ1v) is 4.71. The average molecular weight is 273 g/mol. The molecule has 2 rings (SSSR count). The third-order valence-corrected chi connectivity index (χ3v) is 2.49. The standard InChI is InChI=1S/C8H8IN3/c1-5-11-7-3-6(9)4-10-8(7)12(5)2/h3-4H,1-2H3. The number of hydrogen-bond acceptors (Lipinski definition) is 2. The summed E-state index contributed by atoms with van der Waals surface area (Å²) in [5.41, 5.74) is 1.93. The van der Waals surface area contributed by atoms with Crippen LogP contribution >= 0.6 is 22.6 Å². The lowest BCUT2D eigenvalue weighted by Crippen LogP contribution is -1.91. The number of fused-ring (bicyclic) bond motifs is 1. The molecular formula is C8H8IN3. The van der Waals surface area contributed by atoms with Gasteiger partial charge in [0.25, 0.3) is 0 Å². The van der Waals surface area contributed by atoms with Gasteiger partial charge in [0, 0.05) is 16.8 Å². The first kappa shape index (κ1) is 7.97. The second-order valence-electron chi connectivity index (χ2n) is 2.71. The Bertz CT molecular complexity index is 433. The molecule has 0 bridgehead atoms. The van der Waals surface area contributed by atoms with Gasteiger partial charge in [0.05, 0.1) is 0 Å². The zero-order chi connectivity index (χ0) is 8.72. The highest BCUT2D eigenvalue weighted by Crippen LogP contribution is 2.14. The van der Waals surface area contributed by atoms with Gasteiger partial charge in [0.1, 0.15) is 11.3 Å². The van der Waals surface area contributed by atoms with Crippen LogP contribution in [0, 0.1) is 10.5 Å². The predicted octanol–water partition coefficient (Wildman–Crippen LogP) is 1.88. The highest BCUT2D eigenvalue weighted by molar-refractivity contribution is 14.1. The van der Waals surface area contributed by atoms with Crippen LogP contribution in [0.5, 0.6) is 0 Å². The van der Waals surface area contributed by atoms with Crippen molar-refractivity contribution in [2.75, 3.05) is 0 Å². The molecule has 0 atom stereocenters. The van der Waals surface area contributed by atoms with Gasteiger partial charge >= 0.3 is 0 Å². The average Bonchev–Trinajstić information content (AvgIpc) is 2.28. The number of aryl methyl sites for hydroxylation is 2. The van der Waals surface area contributed by atoms with Crippen molar-refractivity contribution in [2.24, 2.45) is 7.05 Å². The van der Waals surface area contributed by atoms with Crippen LogP contribution < -0.4 is 0 Å². The quantitative estimate of drug-likeness (QED) is 0.686. The van der Waals surface area contributed by atoms with Gasteiger partial charge < -0.3 is 4.57 Å². The van der Waals surface area contributed by atoms with Gasteiger partial charge in [-0.2, -0.15) is 0 Å². The van der Waals surface area contributed by atoms with Crippen molar-refractivity contribution in [3.05, 3.63) is 21.7 Å². The largest absolute Gasteiger partial charge is 0.316 e. The molecule has 0 N–H and O–H groups in total. The summed E-state index contributed by atoms with van der Waals surface area (Å²) in [5, 5.41) is 0. The van der Waals surface area contributed by atoms with E-state index in [0.717, 1.165) is 20.6 Å². The third kappa shape index (κ3) is 1.10. The number of imidazole rings is 1. The van der Waals surface area contributed by atoms with Crippen LogP contribution in [0.15, 0.2) is 12.3 Å². The van der Waals surface area contributed by atoms with E-state index in [4.69, 9.17) is 0 Å². The van der Waals surface area contributed by atoms with Gasteiger partial charge in [-0.3, -0.25) is 0 Å². The Kier molecular flexibility index (Phi) is 1.79. The number of aromatic nitrogens is 3. The van der Waals surface area contributed by atoms with Crippen molar-refractivity contribution in [3.8, 4) is 0 Å². The van der Waals surface area contributed by atoms with E-state index in [1.807, 2.05) is 30.8 Å². The Morgan fingerprint density at radius 1 is 1.50 bits per heavy atom. The number of pyridine rings is 1. The summed E-state index contributed by atoms with van der Waals surface area (Å²) in [6, 6.07) is 2.04. The fourth-order valence-corrected chi connectivity index (χ4v) is 1.60. The molecule has 0 unspecified atom stereocenters. The van der Waals surface area contributed by atoms with Crippen LogP contribution in [0.25, 0.3) is 11.2 Å². The summed E-state index contributed by atoms with van der Waals surface area (Å²) in [4.78, 5) is 8.66. The fraction of sp³-hybridized carbons (Fsp3) is 0.250. The molecule has 0 aliphatic carbocycles. The van der Waals surface area contributed by atoms with Crippen LogP contribution in [0.4, 0.5) is 0 Å². The second-order valence-corrected chi connectivity index (χ2v) is 3.96. The molecule has 0 saturated carbocycles. The maximum Gasteiger partial charge on any atom is 0.159 e. The third-order valence-electron chi connectivity index (χ3n) is 1.90. The minimum atomic E-state index is 0.952. The highest BCUT2D eigenvalue weighted by Gasteiger charge is 2.04. The van der Waals surface area contributed by atoms with Crippen LogP contribution in [0.1, 0.15) is 5.82 Å². The smallest absolute Gasteiger partial charge is 0.159 e. The van der Waals surface area contributed by atoms with Crippen LogP contribution in [0.3, 0.4) is 0 Å². The molecule has 0 aliphatic heterocycles. The minimum absolute atomic E-state index is 0.952. The van der Waals surface area contributed by atoms with E-state index in [1.165, 1.54) is 0 Å². The first-order valence-electron chi connectivity index (χ1n) is 3.63. The van der Waals surface area contributed by atoms with Crippen LogP contribution in [-0.2, 0) is 7.05 Å². The van der Waals surface area contributed by atoms with Crippen molar-refractivity contribution < 1.29 is 0 Å². The molecule has 62 valence electrons. The second kappa shape index (κ2) is 2.69. The fourth-order valence-electron chi connectivity index (χ4n) is 1.16. The molecule has 0 spiro atoms. The molecule has 0 saturated heterocycles. The Hall–Kier alpha value is -0.650. The molecule has 3 nitrogen and oxygen atoms in total. The van der Waals surface area contributed by atoms with E-state index in [9.17, 15) is 0 Å². The van der Waals surface area contributed by atoms with Gasteiger partial charge in [0.15, 0.2) is 5.65 Å². The lowest BCUT2D eigenvalue weighted by Gasteiger charge is -1.94. The molecule has 2 aromatic rings. The molecule has 2 heterocycles. The Morgan fingerprint density at radius 3 is 3.00 bits per heavy atom. The van der Waals surface area contributed by atoms with Crippen molar-refractivity contribution in [1.82, 2.24) is 14.5 Å². The highest BCUT2D eigenvalue weighted by atomic mass is 127. The maximum atomic E-state index is 4.37. The van der Waals surface area contributed by atoms with Crippen molar-refractivity contribution >= 4 is 33.8 Å². The summed E-state index contributed by atoms with van der Waals surface area (Å²) >= 11 is 2.24. The lowest BCUT2D eigenvalue weighted by molar-refractivity contribution is 0.874. The predicted molar refractivity (Wildman–Crippen MR) is 56.0 cm³/mol. The van der Waals surface area contributed by atoms with E-state index in [-0.39, 0.29) is 0 Å². The Labute approximate surface area is 84.0 Å². The zero-order valence-electron chi connectivity index (χ0n) is 6.87. The van der Waals surface area contributed by atoms with E-state index < -0.39 is 0 Å². The number of hydrogen-bond donors (Lipinski definition) is 0. The molecule has 4 heteroatoms. The van der Waals surface area contributed by atoms with Gasteiger partial charge in [-0.05, 0) is 35.6 Å². The zero-order valence-corrected chi connectivity index (χ0v) is 9.03. The summed E-state index contributed by atoms with van der Waals surface area (Å²) in [7, 11) is 1.98. The van der Waals surface area contributed by atoms with Gasteiger partial charge in [0.2, 0.25) is 0 Å². The van der Waals surface area contributed by atoms with E-state index in [0.29, 0.717) is 0 Å². The van der Waals surface area contributed by atoms with Crippen molar-refractivity contribution in [2.45, 2.75) is 6.92 Å². The number of rotatable bonds is 0. The topological polar surface area (TPSA) is 30.7 Å². The molecule has 0 amide bonds. The van der Waals surface area contributed by atoms with Crippen molar-refractivity contribution in [1.29, 1.82) is 0 Å². The first-order chi connectivity index (χ1) is 5.68. The Morgan fingerprint density at radius 2 is 2.25 bits per heavy atom. The van der Waals surface area contributed by atoms with E-state index >= 15 is 0 Å². The molecule has 0 aliphatic rings.